The van der Waals surface area contributed by atoms with Crippen molar-refractivity contribution < 1.29 is 4.74 Å². The highest BCUT2D eigenvalue weighted by molar-refractivity contribution is 7.80. The van der Waals surface area contributed by atoms with E-state index in [1.54, 1.807) is 0 Å². The summed E-state index contributed by atoms with van der Waals surface area (Å²) in [4.78, 5) is 2.63. The van der Waals surface area contributed by atoms with Crippen LogP contribution in [0.2, 0.25) is 0 Å². The normalized spacial score (nSPS) is 19.1. The highest BCUT2D eigenvalue weighted by Crippen LogP contribution is 2.27. The van der Waals surface area contributed by atoms with E-state index in [2.05, 4.69) is 29.2 Å². The SMILES string of the molecule is CN(CC(N)=S)CC1OCCc2ccccc21. The summed E-state index contributed by atoms with van der Waals surface area (Å²) in [6.45, 7) is 2.26. The molecule has 0 spiro atoms. The van der Waals surface area contributed by atoms with Crippen LogP contribution in [0.25, 0.3) is 0 Å². The van der Waals surface area contributed by atoms with E-state index in [9.17, 15) is 0 Å². The summed E-state index contributed by atoms with van der Waals surface area (Å²) < 4.78 is 5.83. The van der Waals surface area contributed by atoms with E-state index in [0.29, 0.717) is 11.5 Å². The minimum atomic E-state index is 0.138. The zero-order chi connectivity index (χ0) is 12.3. The van der Waals surface area contributed by atoms with Crippen molar-refractivity contribution in [3.05, 3.63) is 35.4 Å². The van der Waals surface area contributed by atoms with Gasteiger partial charge in [0.25, 0.3) is 0 Å². The van der Waals surface area contributed by atoms with Gasteiger partial charge in [-0.05, 0) is 24.6 Å². The summed E-state index contributed by atoms with van der Waals surface area (Å²) in [5.74, 6) is 0. The number of fused-ring (bicyclic) bond motifs is 1. The lowest BCUT2D eigenvalue weighted by molar-refractivity contribution is 0.0237. The molecule has 2 N–H and O–H groups in total. The molecule has 1 heterocycles. The average Bonchev–Trinajstić information content (AvgIpc) is 2.28. The van der Waals surface area contributed by atoms with Gasteiger partial charge in [0.2, 0.25) is 0 Å². The van der Waals surface area contributed by atoms with Crippen LogP contribution in [0.1, 0.15) is 17.2 Å². The van der Waals surface area contributed by atoms with E-state index < -0.39 is 0 Å². The van der Waals surface area contributed by atoms with Crippen molar-refractivity contribution in [2.24, 2.45) is 5.73 Å². The number of nitrogens with zero attached hydrogens (tertiary/aromatic N) is 1. The van der Waals surface area contributed by atoms with Crippen LogP contribution in [0, 0.1) is 0 Å². The molecule has 3 nitrogen and oxygen atoms in total. The molecule has 1 aliphatic heterocycles. The van der Waals surface area contributed by atoms with Gasteiger partial charge in [-0.15, -0.1) is 0 Å². The second-order valence-corrected chi connectivity index (χ2v) is 5.00. The van der Waals surface area contributed by atoms with Crippen molar-refractivity contribution in [1.29, 1.82) is 0 Å². The Morgan fingerprint density at radius 3 is 3.06 bits per heavy atom. The van der Waals surface area contributed by atoms with Gasteiger partial charge >= 0.3 is 0 Å². The van der Waals surface area contributed by atoms with Crippen molar-refractivity contribution in [3.63, 3.8) is 0 Å². The van der Waals surface area contributed by atoms with E-state index in [1.165, 1.54) is 11.1 Å². The van der Waals surface area contributed by atoms with Gasteiger partial charge in [0.05, 0.1) is 17.7 Å². The maximum absolute atomic E-state index is 5.83. The first kappa shape index (κ1) is 12.5. The molecule has 1 aliphatic rings. The van der Waals surface area contributed by atoms with Crippen molar-refractivity contribution >= 4 is 17.2 Å². The number of thiocarbonyl (C=S) groups is 1. The number of nitrogens with two attached hydrogens (primary N) is 1. The topological polar surface area (TPSA) is 38.5 Å². The van der Waals surface area contributed by atoms with Crippen LogP contribution in [0.5, 0.6) is 0 Å². The van der Waals surface area contributed by atoms with Crippen LogP contribution in [0.4, 0.5) is 0 Å². The molecule has 0 bridgehead atoms. The van der Waals surface area contributed by atoms with Crippen LogP contribution < -0.4 is 5.73 Å². The molecule has 0 aromatic heterocycles. The van der Waals surface area contributed by atoms with Crippen molar-refractivity contribution in [2.45, 2.75) is 12.5 Å². The summed E-state index contributed by atoms with van der Waals surface area (Å²) in [6, 6.07) is 8.47. The Bertz CT molecular complexity index is 408. The van der Waals surface area contributed by atoms with E-state index in [4.69, 9.17) is 22.7 Å². The van der Waals surface area contributed by atoms with Crippen LogP contribution in [-0.4, -0.2) is 36.6 Å². The molecule has 1 aromatic rings. The third-order valence-electron chi connectivity index (χ3n) is 3.00. The largest absolute Gasteiger partial charge is 0.392 e. The third kappa shape index (κ3) is 3.25. The molecule has 4 heteroatoms. The Balaban J connectivity index is 2.05. The minimum Gasteiger partial charge on any atom is -0.392 e. The number of benzene rings is 1. The first-order valence-electron chi connectivity index (χ1n) is 5.83. The quantitative estimate of drug-likeness (QED) is 0.822. The molecular weight excluding hydrogens is 232 g/mol. The number of hydrogen-bond donors (Lipinski definition) is 1. The Morgan fingerprint density at radius 2 is 2.29 bits per heavy atom. The van der Waals surface area contributed by atoms with Crippen molar-refractivity contribution in [3.8, 4) is 0 Å². The minimum absolute atomic E-state index is 0.138. The zero-order valence-corrected chi connectivity index (χ0v) is 10.9. The van der Waals surface area contributed by atoms with Gasteiger partial charge < -0.3 is 10.5 Å². The van der Waals surface area contributed by atoms with Gasteiger partial charge in [-0.25, -0.2) is 0 Å². The van der Waals surface area contributed by atoms with E-state index in [-0.39, 0.29) is 6.10 Å². The van der Waals surface area contributed by atoms with Crippen molar-refractivity contribution in [1.82, 2.24) is 4.90 Å². The van der Waals surface area contributed by atoms with Gasteiger partial charge in [0.1, 0.15) is 0 Å². The summed E-state index contributed by atoms with van der Waals surface area (Å²) in [5.41, 5.74) is 8.24. The molecule has 2 rings (SSSR count). The first-order valence-corrected chi connectivity index (χ1v) is 6.24. The van der Waals surface area contributed by atoms with Crippen LogP contribution in [-0.2, 0) is 11.2 Å². The molecule has 1 aromatic carbocycles. The fraction of sp³-hybridized carbons (Fsp3) is 0.462. The Hall–Kier alpha value is -0.970. The molecule has 0 fully saturated rings. The second kappa shape index (κ2) is 5.58. The number of ether oxygens (including phenoxy) is 1. The molecule has 17 heavy (non-hydrogen) atoms. The smallest absolute Gasteiger partial charge is 0.0954 e. The predicted molar refractivity (Wildman–Crippen MR) is 73.1 cm³/mol. The summed E-state index contributed by atoms with van der Waals surface area (Å²) in [5, 5.41) is 0. The third-order valence-corrected chi connectivity index (χ3v) is 3.12. The number of hydrogen-bond acceptors (Lipinski definition) is 3. The van der Waals surface area contributed by atoms with Gasteiger partial charge in [-0.2, -0.15) is 0 Å². The maximum atomic E-state index is 5.83. The highest BCUT2D eigenvalue weighted by atomic mass is 32.1. The predicted octanol–water partition coefficient (Wildman–Crippen LogP) is 1.52. The Labute approximate surface area is 108 Å². The molecular formula is C13H18N2OS. The summed E-state index contributed by atoms with van der Waals surface area (Å²) >= 11 is 4.91. The lowest BCUT2D eigenvalue weighted by atomic mass is 9.97. The molecule has 0 saturated heterocycles. The average molecular weight is 250 g/mol. The van der Waals surface area contributed by atoms with E-state index in [0.717, 1.165) is 19.6 Å². The van der Waals surface area contributed by atoms with Crippen LogP contribution >= 0.6 is 12.2 Å². The number of likely N-dealkylation sites (N-methyl/N-ethyl adjacent to an activating group) is 1. The van der Waals surface area contributed by atoms with Crippen molar-refractivity contribution in [2.75, 3.05) is 26.7 Å². The summed E-state index contributed by atoms with van der Waals surface area (Å²) in [7, 11) is 2.01. The van der Waals surface area contributed by atoms with Crippen LogP contribution in [0.3, 0.4) is 0 Å². The van der Waals surface area contributed by atoms with Gasteiger partial charge in [0.15, 0.2) is 0 Å². The van der Waals surface area contributed by atoms with Gasteiger partial charge in [-0.3, -0.25) is 4.90 Å². The fourth-order valence-corrected chi connectivity index (χ4v) is 2.46. The van der Waals surface area contributed by atoms with E-state index in [1.807, 2.05) is 7.05 Å². The molecule has 1 atom stereocenters. The standard InChI is InChI=1S/C13H18N2OS/c1-15(9-13(14)17)8-12-11-5-3-2-4-10(11)6-7-16-12/h2-5,12H,6-9H2,1H3,(H2,14,17). The number of rotatable bonds is 4. The highest BCUT2D eigenvalue weighted by Gasteiger charge is 2.21. The maximum Gasteiger partial charge on any atom is 0.0954 e. The zero-order valence-electron chi connectivity index (χ0n) is 10.1. The van der Waals surface area contributed by atoms with Gasteiger partial charge in [-0.1, -0.05) is 36.5 Å². The molecule has 0 saturated carbocycles. The Morgan fingerprint density at radius 1 is 1.53 bits per heavy atom. The van der Waals surface area contributed by atoms with Gasteiger partial charge in [0, 0.05) is 13.1 Å². The molecule has 0 radical (unpaired) electrons. The molecule has 0 aliphatic carbocycles. The molecule has 1 unspecified atom stereocenters. The fourth-order valence-electron chi connectivity index (χ4n) is 2.24. The first-order chi connectivity index (χ1) is 8.16. The lowest BCUT2D eigenvalue weighted by Gasteiger charge is -2.29. The second-order valence-electron chi connectivity index (χ2n) is 4.47. The lowest BCUT2D eigenvalue weighted by Crippen LogP contribution is -2.34. The Kier molecular flexibility index (Phi) is 4.10. The monoisotopic (exact) mass is 250 g/mol. The molecule has 92 valence electrons. The molecule has 0 amide bonds. The summed E-state index contributed by atoms with van der Waals surface area (Å²) in [6.07, 6.45) is 1.14. The van der Waals surface area contributed by atoms with Crippen LogP contribution in [0.15, 0.2) is 24.3 Å². The van der Waals surface area contributed by atoms with E-state index >= 15 is 0 Å².